The van der Waals surface area contributed by atoms with Crippen LogP contribution in [0.4, 0.5) is 0 Å². The molecule has 0 atom stereocenters. The number of aryl methyl sites for hydroxylation is 1. The normalized spacial score (nSPS) is 14.7. The smallest absolute Gasteiger partial charge is 0.0670 e. The van der Waals surface area contributed by atoms with E-state index in [1.165, 1.54) is 17.0 Å². The maximum Gasteiger partial charge on any atom is 0.0670 e. The van der Waals surface area contributed by atoms with Gasteiger partial charge in [-0.1, -0.05) is 6.07 Å². The molecule has 0 bridgehead atoms. The summed E-state index contributed by atoms with van der Waals surface area (Å²) in [6, 6.07) is 4.27. The molecule has 3 heteroatoms. The Morgan fingerprint density at radius 1 is 1.62 bits per heavy atom. The molecule has 0 aromatic carbocycles. The Balaban J connectivity index is 2.31. The molecule has 1 aliphatic heterocycles. The SMILES string of the molecule is N#CCc1cnc2c(c1)CSCC2. The number of rotatable bonds is 1. The van der Waals surface area contributed by atoms with E-state index in [1.807, 2.05) is 18.0 Å². The lowest BCUT2D eigenvalue weighted by Gasteiger charge is -2.14. The molecule has 2 rings (SSSR count). The van der Waals surface area contributed by atoms with E-state index in [0.717, 1.165) is 17.7 Å². The summed E-state index contributed by atoms with van der Waals surface area (Å²) in [6.45, 7) is 0. The number of nitriles is 1. The van der Waals surface area contributed by atoms with Crippen LogP contribution in [0.5, 0.6) is 0 Å². The number of pyridine rings is 1. The summed E-state index contributed by atoms with van der Waals surface area (Å²) >= 11 is 1.94. The number of hydrogen-bond donors (Lipinski definition) is 0. The van der Waals surface area contributed by atoms with Crippen molar-refractivity contribution in [3.8, 4) is 6.07 Å². The fourth-order valence-electron chi connectivity index (χ4n) is 1.48. The first kappa shape index (κ1) is 8.58. The molecule has 66 valence electrons. The first-order chi connectivity index (χ1) is 6.40. The lowest BCUT2D eigenvalue weighted by atomic mass is 10.1. The summed E-state index contributed by atoms with van der Waals surface area (Å²) in [5, 5.41) is 8.54. The Labute approximate surface area is 82.0 Å². The van der Waals surface area contributed by atoms with Crippen LogP contribution in [0.3, 0.4) is 0 Å². The summed E-state index contributed by atoms with van der Waals surface area (Å²) in [6.07, 6.45) is 3.38. The number of thioether (sulfide) groups is 1. The highest BCUT2D eigenvalue weighted by Gasteiger charge is 2.10. The molecule has 0 spiro atoms. The van der Waals surface area contributed by atoms with Gasteiger partial charge in [0.25, 0.3) is 0 Å². The third-order valence-corrected chi connectivity index (χ3v) is 3.15. The van der Waals surface area contributed by atoms with Gasteiger partial charge in [0.2, 0.25) is 0 Å². The monoisotopic (exact) mass is 190 g/mol. The summed E-state index contributed by atoms with van der Waals surface area (Å²) in [5.74, 6) is 2.24. The van der Waals surface area contributed by atoms with Crippen molar-refractivity contribution in [1.82, 2.24) is 4.98 Å². The molecule has 0 saturated heterocycles. The van der Waals surface area contributed by atoms with Crippen molar-refractivity contribution < 1.29 is 0 Å². The minimum atomic E-state index is 0.477. The van der Waals surface area contributed by atoms with Crippen LogP contribution >= 0.6 is 11.8 Å². The Morgan fingerprint density at radius 3 is 3.38 bits per heavy atom. The fourth-order valence-corrected chi connectivity index (χ4v) is 2.43. The molecular weight excluding hydrogens is 180 g/mol. The van der Waals surface area contributed by atoms with Gasteiger partial charge in [-0.05, 0) is 23.3 Å². The first-order valence-electron chi connectivity index (χ1n) is 4.31. The second kappa shape index (κ2) is 3.80. The van der Waals surface area contributed by atoms with E-state index in [9.17, 15) is 0 Å². The van der Waals surface area contributed by atoms with Crippen molar-refractivity contribution in [2.24, 2.45) is 0 Å². The predicted octanol–water partition coefficient (Wildman–Crippen LogP) is 1.94. The highest BCUT2D eigenvalue weighted by molar-refractivity contribution is 7.98. The Morgan fingerprint density at radius 2 is 2.54 bits per heavy atom. The van der Waals surface area contributed by atoms with Crippen LogP contribution in [0.2, 0.25) is 0 Å². The molecule has 0 aliphatic carbocycles. The second-order valence-corrected chi connectivity index (χ2v) is 4.19. The van der Waals surface area contributed by atoms with Crippen LogP contribution in [-0.4, -0.2) is 10.7 Å². The zero-order chi connectivity index (χ0) is 9.10. The average molecular weight is 190 g/mol. The molecule has 1 aromatic heterocycles. The van der Waals surface area contributed by atoms with Gasteiger partial charge in [0.15, 0.2) is 0 Å². The molecule has 2 nitrogen and oxygen atoms in total. The van der Waals surface area contributed by atoms with Crippen LogP contribution in [0.25, 0.3) is 0 Å². The van der Waals surface area contributed by atoms with E-state index in [1.54, 1.807) is 0 Å². The van der Waals surface area contributed by atoms with Crippen molar-refractivity contribution in [3.05, 3.63) is 29.1 Å². The molecular formula is C10H10N2S. The van der Waals surface area contributed by atoms with Crippen molar-refractivity contribution in [3.63, 3.8) is 0 Å². The number of nitrogens with zero attached hydrogens (tertiary/aromatic N) is 2. The average Bonchev–Trinajstić information content (AvgIpc) is 2.18. The highest BCUT2D eigenvalue weighted by Crippen LogP contribution is 2.23. The van der Waals surface area contributed by atoms with Crippen LogP contribution in [0.1, 0.15) is 16.8 Å². The minimum Gasteiger partial charge on any atom is -0.261 e. The van der Waals surface area contributed by atoms with Gasteiger partial charge in [0.1, 0.15) is 0 Å². The number of aromatic nitrogens is 1. The fraction of sp³-hybridized carbons (Fsp3) is 0.400. The largest absolute Gasteiger partial charge is 0.261 e. The van der Waals surface area contributed by atoms with Gasteiger partial charge < -0.3 is 0 Å². The molecule has 0 saturated carbocycles. The molecule has 0 radical (unpaired) electrons. The lowest BCUT2D eigenvalue weighted by Crippen LogP contribution is -2.05. The van der Waals surface area contributed by atoms with Gasteiger partial charge >= 0.3 is 0 Å². The third-order valence-electron chi connectivity index (χ3n) is 2.14. The Kier molecular flexibility index (Phi) is 2.51. The minimum absolute atomic E-state index is 0.477. The maximum atomic E-state index is 8.54. The topological polar surface area (TPSA) is 36.7 Å². The Hall–Kier alpha value is -1.01. The van der Waals surface area contributed by atoms with Gasteiger partial charge in [-0.25, -0.2) is 0 Å². The summed E-state index contributed by atoms with van der Waals surface area (Å²) in [5.41, 5.74) is 3.59. The Bertz CT molecular complexity index is 354. The quantitative estimate of drug-likeness (QED) is 0.679. The molecule has 0 unspecified atom stereocenters. The zero-order valence-corrected chi connectivity index (χ0v) is 8.10. The maximum absolute atomic E-state index is 8.54. The van der Waals surface area contributed by atoms with Crippen molar-refractivity contribution in [1.29, 1.82) is 5.26 Å². The predicted molar refractivity (Wildman–Crippen MR) is 53.4 cm³/mol. The van der Waals surface area contributed by atoms with Crippen molar-refractivity contribution in [2.75, 3.05) is 5.75 Å². The van der Waals surface area contributed by atoms with E-state index in [4.69, 9.17) is 5.26 Å². The van der Waals surface area contributed by atoms with Gasteiger partial charge in [-0.2, -0.15) is 17.0 Å². The molecule has 13 heavy (non-hydrogen) atoms. The zero-order valence-electron chi connectivity index (χ0n) is 7.29. The molecule has 1 aromatic rings. The van der Waals surface area contributed by atoms with Gasteiger partial charge in [-0.3, -0.25) is 4.98 Å². The number of hydrogen-bond acceptors (Lipinski definition) is 3. The molecule has 0 N–H and O–H groups in total. The summed E-state index contributed by atoms with van der Waals surface area (Å²) in [7, 11) is 0. The van der Waals surface area contributed by atoms with E-state index in [2.05, 4.69) is 17.1 Å². The van der Waals surface area contributed by atoms with Gasteiger partial charge in [-0.15, -0.1) is 0 Å². The van der Waals surface area contributed by atoms with E-state index in [0.29, 0.717) is 6.42 Å². The molecule has 1 aliphatic rings. The second-order valence-electron chi connectivity index (χ2n) is 3.09. The highest BCUT2D eigenvalue weighted by atomic mass is 32.2. The molecule has 0 amide bonds. The first-order valence-corrected chi connectivity index (χ1v) is 5.47. The third kappa shape index (κ3) is 1.84. The van der Waals surface area contributed by atoms with E-state index in [-0.39, 0.29) is 0 Å². The molecule has 2 heterocycles. The van der Waals surface area contributed by atoms with Crippen LogP contribution < -0.4 is 0 Å². The van der Waals surface area contributed by atoms with Crippen LogP contribution in [-0.2, 0) is 18.6 Å². The standard InChI is InChI=1S/C10H10N2S/c11-3-1-8-5-9-7-13-4-2-10(9)12-6-8/h5-6H,1-2,4,7H2. The van der Waals surface area contributed by atoms with Crippen LogP contribution in [0, 0.1) is 11.3 Å². The lowest BCUT2D eigenvalue weighted by molar-refractivity contribution is 0.976. The van der Waals surface area contributed by atoms with Crippen molar-refractivity contribution >= 4 is 11.8 Å². The summed E-state index contributed by atoms with van der Waals surface area (Å²) in [4.78, 5) is 4.37. The van der Waals surface area contributed by atoms with Gasteiger partial charge in [0.05, 0.1) is 12.5 Å². The van der Waals surface area contributed by atoms with Crippen LogP contribution in [0.15, 0.2) is 12.3 Å². The molecule has 0 fully saturated rings. The van der Waals surface area contributed by atoms with Gasteiger partial charge in [0, 0.05) is 17.6 Å². The van der Waals surface area contributed by atoms with Crippen molar-refractivity contribution in [2.45, 2.75) is 18.6 Å². The summed E-state index contributed by atoms with van der Waals surface area (Å²) < 4.78 is 0. The van der Waals surface area contributed by atoms with E-state index < -0.39 is 0 Å². The van der Waals surface area contributed by atoms with E-state index >= 15 is 0 Å². The number of fused-ring (bicyclic) bond motifs is 1.